The van der Waals surface area contributed by atoms with E-state index in [4.69, 9.17) is 4.74 Å². The highest BCUT2D eigenvalue weighted by Crippen LogP contribution is 2.25. The summed E-state index contributed by atoms with van der Waals surface area (Å²) < 4.78 is 5.07. The normalized spacial score (nSPS) is 13.1. The molecule has 3 heteroatoms. The van der Waals surface area contributed by atoms with E-state index >= 15 is 0 Å². The van der Waals surface area contributed by atoms with Crippen LogP contribution in [-0.2, 0) is 4.79 Å². The highest BCUT2D eigenvalue weighted by Gasteiger charge is 2.08. The van der Waals surface area contributed by atoms with Crippen molar-refractivity contribution >= 4 is 17.7 Å². The van der Waals surface area contributed by atoms with Gasteiger partial charge in [-0.2, -0.15) is 0 Å². The Kier molecular flexibility index (Phi) is 2.09. The fraction of sp³-hybridized carbons (Fsp3) is 0.0909. The summed E-state index contributed by atoms with van der Waals surface area (Å²) in [7, 11) is 1.81. The molecule has 1 aliphatic heterocycles. The highest BCUT2D eigenvalue weighted by atomic mass is 16.5. The zero-order valence-electron chi connectivity index (χ0n) is 7.70. The molecule has 0 saturated heterocycles. The van der Waals surface area contributed by atoms with E-state index in [-0.39, 0.29) is 0 Å². The second-order valence-electron chi connectivity index (χ2n) is 2.88. The number of nitrogens with one attached hydrogen (secondary N) is 1. The van der Waals surface area contributed by atoms with E-state index < -0.39 is 5.97 Å². The Hall–Kier alpha value is -1.99. The SMILES string of the molecule is CNc1ccc2c(c1)OC(=O)C=C=C2. The molecule has 1 aromatic carbocycles. The first-order valence-corrected chi connectivity index (χ1v) is 4.26. The van der Waals surface area contributed by atoms with Gasteiger partial charge < -0.3 is 10.1 Å². The van der Waals surface area contributed by atoms with Crippen LogP contribution in [0.1, 0.15) is 5.56 Å². The van der Waals surface area contributed by atoms with Crippen molar-refractivity contribution in [2.24, 2.45) is 0 Å². The average Bonchev–Trinajstić information content (AvgIpc) is 2.37. The Labute approximate surface area is 81.7 Å². The van der Waals surface area contributed by atoms with Crippen LogP contribution in [0.15, 0.2) is 30.0 Å². The van der Waals surface area contributed by atoms with Gasteiger partial charge in [0.25, 0.3) is 0 Å². The highest BCUT2D eigenvalue weighted by molar-refractivity contribution is 5.87. The molecule has 0 bridgehead atoms. The number of fused-ring (bicyclic) bond motifs is 1. The largest absolute Gasteiger partial charge is 0.422 e. The first-order chi connectivity index (χ1) is 6.79. The topological polar surface area (TPSA) is 38.3 Å². The summed E-state index contributed by atoms with van der Waals surface area (Å²) in [5.41, 5.74) is 4.51. The fourth-order valence-corrected chi connectivity index (χ4v) is 1.23. The van der Waals surface area contributed by atoms with Crippen LogP contribution in [0.2, 0.25) is 0 Å². The minimum Gasteiger partial charge on any atom is -0.422 e. The van der Waals surface area contributed by atoms with Crippen LogP contribution in [-0.4, -0.2) is 13.0 Å². The van der Waals surface area contributed by atoms with E-state index in [9.17, 15) is 4.79 Å². The molecule has 1 N–H and O–H groups in total. The molecule has 1 aromatic rings. The molecule has 1 aliphatic rings. The van der Waals surface area contributed by atoms with Gasteiger partial charge in [-0.15, -0.1) is 5.73 Å². The van der Waals surface area contributed by atoms with Gasteiger partial charge in [0.05, 0.1) is 6.08 Å². The standard InChI is InChI=1S/C11H9NO2/c1-12-9-6-5-8-3-2-4-11(13)14-10(8)7-9/h3-7,12H,1H3. The summed E-state index contributed by atoms with van der Waals surface area (Å²) >= 11 is 0. The van der Waals surface area contributed by atoms with Gasteiger partial charge in [0.2, 0.25) is 0 Å². The number of ether oxygens (including phenoxy) is 1. The van der Waals surface area contributed by atoms with E-state index in [0.717, 1.165) is 11.3 Å². The van der Waals surface area contributed by atoms with E-state index in [1.807, 2.05) is 19.2 Å². The van der Waals surface area contributed by atoms with Crippen molar-refractivity contribution in [3.05, 3.63) is 35.6 Å². The lowest BCUT2D eigenvalue weighted by Crippen LogP contribution is -2.03. The molecule has 0 aliphatic carbocycles. The molecule has 0 aromatic heterocycles. The summed E-state index contributed by atoms with van der Waals surface area (Å²) in [5.74, 6) is 0.163. The third kappa shape index (κ3) is 1.53. The van der Waals surface area contributed by atoms with Crippen LogP contribution >= 0.6 is 0 Å². The predicted octanol–water partition coefficient (Wildman–Crippen LogP) is 1.82. The molecule has 0 radical (unpaired) electrons. The number of benzene rings is 1. The zero-order valence-corrected chi connectivity index (χ0v) is 7.70. The molecular weight excluding hydrogens is 178 g/mol. The van der Waals surface area contributed by atoms with Gasteiger partial charge in [-0.1, -0.05) is 0 Å². The predicted molar refractivity (Wildman–Crippen MR) is 54.2 cm³/mol. The number of hydrogen-bond donors (Lipinski definition) is 1. The molecule has 0 amide bonds. The third-order valence-corrected chi connectivity index (χ3v) is 1.95. The second-order valence-corrected chi connectivity index (χ2v) is 2.88. The summed E-state index contributed by atoms with van der Waals surface area (Å²) in [6.07, 6.45) is 3.00. The van der Waals surface area contributed by atoms with Crippen molar-refractivity contribution in [1.29, 1.82) is 0 Å². The lowest BCUT2D eigenvalue weighted by Gasteiger charge is -2.06. The lowest BCUT2D eigenvalue weighted by atomic mass is 10.2. The lowest BCUT2D eigenvalue weighted by molar-refractivity contribution is -0.128. The molecule has 3 nitrogen and oxygen atoms in total. The minimum absolute atomic E-state index is 0.395. The number of hydrogen-bond acceptors (Lipinski definition) is 3. The maximum atomic E-state index is 11.1. The molecule has 70 valence electrons. The van der Waals surface area contributed by atoms with Crippen molar-refractivity contribution in [2.75, 3.05) is 12.4 Å². The Bertz CT molecular complexity index is 443. The zero-order chi connectivity index (χ0) is 9.97. The molecule has 14 heavy (non-hydrogen) atoms. The van der Waals surface area contributed by atoms with Crippen molar-refractivity contribution in [3.63, 3.8) is 0 Å². The minimum atomic E-state index is -0.395. The van der Waals surface area contributed by atoms with Crippen LogP contribution in [0.4, 0.5) is 5.69 Å². The Balaban J connectivity index is 2.51. The summed E-state index contributed by atoms with van der Waals surface area (Å²) in [6.45, 7) is 0. The molecule has 0 spiro atoms. The van der Waals surface area contributed by atoms with Crippen LogP contribution in [0.5, 0.6) is 5.75 Å². The molecule has 1 heterocycles. The van der Waals surface area contributed by atoms with Gasteiger partial charge in [-0.05, 0) is 18.2 Å². The molecule has 0 unspecified atom stereocenters. The number of anilines is 1. The first-order valence-electron chi connectivity index (χ1n) is 4.26. The third-order valence-electron chi connectivity index (χ3n) is 1.95. The summed E-state index contributed by atoms with van der Waals surface area (Å²) in [4.78, 5) is 11.1. The number of esters is 1. The van der Waals surface area contributed by atoms with Gasteiger partial charge in [0, 0.05) is 24.4 Å². The van der Waals surface area contributed by atoms with Crippen molar-refractivity contribution in [3.8, 4) is 5.75 Å². The van der Waals surface area contributed by atoms with Gasteiger partial charge in [0.1, 0.15) is 5.75 Å². The number of rotatable bonds is 1. The molecule has 2 rings (SSSR count). The molecule has 0 atom stereocenters. The smallest absolute Gasteiger partial charge is 0.344 e. The first kappa shape index (κ1) is 8.60. The van der Waals surface area contributed by atoms with Gasteiger partial charge in [-0.25, -0.2) is 4.79 Å². The van der Waals surface area contributed by atoms with E-state index in [2.05, 4.69) is 11.0 Å². The molecule has 0 saturated carbocycles. The second kappa shape index (κ2) is 3.40. The van der Waals surface area contributed by atoms with Gasteiger partial charge in [-0.3, -0.25) is 0 Å². The van der Waals surface area contributed by atoms with Gasteiger partial charge >= 0.3 is 5.97 Å². The Morgan fingerprint density at radius 1 is 1.36 bits per heavy atom. The maximum Gasteiger partial charge on any atom is 0.344 e. The summed E-state index contributed by atoms with van der Waals surface area (Å²) in [6, 6.07) is 5.57. The van der Waals surface area contributed by atoms with Crippen molar-refractivity contribution in [1.82, 2.24) is 0 Å². The van der Waals surface area contributed by atoms with E-state index in [1.165, 1.54) is 6.08 Å². The molecule has 0 fully saturated rings. The summed E-state index contributed by atoms with van der Waals surface area (Å²) in [5, 5.41) is 2.98. The van der Waals surface area contributed by atoms with Crippen LogP contribution in [0.25, 0.3) is 6.08 Å². The monoisotopic (exact) mass is 187 g/mol. The van der Waals surface area contributed by atoms with Crippen molar-refractivity contribution in [2.45, 2.75) is 0 Å². The van der Waals surface area contributed by atoms with Crippen LogP contribution in [0.3, 0.4) is 0 Å². The maximum absolute atomic E-state index is 11.1. The Morgan fingerprint density at radius 3 is 3.00 bits per heavy atom. The number of carbonyl (C=O) groups excluding carboxylic acids is 1. The Morgan fingerprint density at radius 2 is 2.21 bits per heavy atom. The van der Waals surface area contributed by atoms with Crippen LogP contribution in [0, 0.1) is 0 Å². The average molecular weight is 187 g/mol. The fourth-order valence-electron chi connectivity index (χ4n) is 1.23. The van der Waals surface area contributed by atoms with E-state index in [0.29, 0.717) is 5.75 Å². The van der Waals surface area contributed by atoms with E-state index in [1.54, 1.807) is 12.1 Å². The van der Waals surface area contributed by atoms with Crippen molar-refractivity contribution < 1.29 is 9.53 Å². The quantitative estimate of drug-likeness (QED) is 0.414. The molecular formula is C11H9NO2. The van der Waals surface area contributed by atoms with Crippen LogP contribution < -0.4 is 10.1 Å². The van der Waals surface area contributed by atoms with Gasteiger partial charge in [0.15, 0.2) is 0 Å². The number of carbonyl (C=O) groups is 1.